The van der Waals surface area contributed by atoms with Crippen LogP contribution in [0.25, 0.3) is 0 Å². The maximum atomic E-state index is 11.7. The molecule has 0 radical (unpaired) electrons. The Morgan fingerprint density at radius 3 is 2.89 bits per heavy atom. The van der Waals surface area contributed by atoms with E-state index in [0.717, 1.165) is 25.1 Å². The smallest absolute Gasteiger partial charge is 0.256 e. The SMILES string of the molecule is CCCOCCCNC(=O)c1c[nH]c(C)cc1=O. The number of pyridine rings is 1. The molecule has 1 amide bonds. The molecule has 100 valence electrons. The number of carbonyl (C=O) groups is 1. The van der Waals surface area contributed by atoms with Crippen molar-refractivity contribution in [2.24, 2.45) is 0 Å². The van der Waals surface area contributed by atoms with E-state index < -0.39 is 0 Å². The number of aromatic nitrogens is 1. The van der Waals surface area contributed by atoms with Gasteiger partial charge in [-0.05, 0) is 19.8 Å². The summed E-state index contributed by atoms with van der Waals surface area (Å²) in [5.41, 5.74) is 0.630. The second-order valence-corrected chi connectivity index (χ2v) is 4.12. The van der Waals surface area contributed by atoms with E-state index in [4.69, 9.17) is 4.74 Å². The van der Waals surface area contributed by atoms with Crippen LogP contribution < -0.4 is 10.7 Å². The molecule has 5 heteroatoms. The molecule has 0 bridgehead atoms. The minimum Gasteiger partial charge on any atom is -0.381 e. The summed E-state index contributed by atoms with van der Waals surface area (Å²) < 4.78 is 5.29. The van der Waals surface area contributed by atoms with Gasteiger partial charge in [-0.3, -0.25) is 9.59 Å². The van der Waals surface area contributed by atoms with Gasteiger partial charge in [0.25, 0.3) is 5.91 Å². The van der Waals surface area contributed by atoms with Crippen LogP contribution >= 0.6 is 0 Å². The Morgan fingerprint density at radius 2 is 2.22 bits per heavy atom. The fraction of sp³-hybridized carbons (Fsp3) is 0.538. The number of amides is 1. The molecule has 1 rings (SSSR count). The van der Waals surface area contributed by atoms with Crippen molar-refractivity contribution >= 4 is 5.91 Å². The molecule has 1 aromatic heterocycles. The molecule has 0 unspecified atom stereocenters. The highest BCUT2D eigenvalue weighted by atomic mass is 16.5. The molecular formula is C13H20N2O3. The van der Waals surface area contributed by atoms with Gasteiger partial charge in [0, 0.05) is 37.7 Å². The van der Waals surface area contributed by atoms with Crippen LogP contribution in [0.3, 0.4) is 0 Å². The zero-order valence-electron chi connectivity index (χ0n) is 10.9. The highest BCUT2D eigenvalue weighted by Gasteiger charge is 2.08. The third-order valence-corrected chi connectivity index (χ3v) is 2.40. The van der Waals surface area contributed by atoms with Gasteiger partial charge in [-0.1, -0.05) is 6.92 Å². The average Bonchev–Trinajstić information content (AvgIpc) is 2.33. The first-order chi connectivity index (χ1) is 8.65. The normalized spacial score (nSPS) is 10.3. The van der Waals surface area contributed by atoms with Crippen molar-refractivity contribution in [1.82, 2.24) is 10.3 Å². The van der Waals surface area contributed by atoms with Crippen molar-refractivity contribution in [3.8, 4) is 0 Å². The molecule has 0 saturated carbocycles. The molecule has 18 heavy (non-hydrogen) atoms. The van der Waals surface area contributed by atoms with E-state index in [9.17, 15) is 9.59 Å². The molecule has 2 N–H and O–H groups in total. The van der Waals surface area contributed by atoms with Gasteiger partial charge in [-0.2, -0.15) is 0 Å². The van der Waals surface area contributed by atoms with Gasteiger partial charge in [0.05, 0.1) is 0 Å². The average molecular weight is 252 g/mol. The maximum Gasteiger partial charge on any atom is 0.256 e. The minimum atomic E-state index is -0.341. The Bertz CT molecular complexity index is 440. The van der Waals surface area contributed by atoms with E-state index in [1.807, 2.05) is 6.92 Å². The van der Waals surface area contributed by atoms with E-state index in [-0.39, 0.29) is 16.9 Å². The monoisotopic (exact) mass is 252 g/mol. The molecular weight excluding hydrogens is 232 g/mol. The lowest BCUT2D eigenvalue weighted by Crippen LogP contribution is -2.30. The van der Waals surface area contributed by atoms with Crippen molar-refractivity contribution in [1.29, 1.82) is 0 Å². The van der Waals surface area contributed by atoms with E-state index in [2.05, 4.69) is 10.3 Å². The van der Waals surface area contributed by atoms with Crippen LogP contribution in [0.1, 0.15) is 35.8 Å². The van der Waals surface area contributed by atoms with Gasteiger partial charge in [0.1, 0.15) is 5.56 Å². The first kappa shape index (κ1) is 14.4. The summed E-state index contributed by atoms with van der Waals surface area (Å²) >= 11 is 0. The van der Waals surface area contributed by atoms with E-state index >= 15 is 0 Å². The number of H-pyrrole nitrogens is 1. The van der Waals surface area contributed by atoms with Crippen LogP contribution in [0.5, 0.6) is 0 Å². The lowest BCUT2D eigenvalue weighted by Gasteiger charge is -2.05. The fourth-order valence-corrected chi connectivity index (χ4v) is 1.47. The number of hydrogen-bond acceptors (Lipinski definition) is 3. The van der Waals surface area contributed by atoms with Crippen molar-refractivity contribution in [3.63, 3.8) is 0 Å². The van der Waals surface area contributed by atoms with Gasteiger partial charge < -0.3 is 15.0 Å². The van der Waals surface area contributed by atoms with Crippen LogP contribution in [0.15, 0.2) is 17.1 Å². The van der Waals surface area contributed by atoms with Gasteiger partial charge in [0.2, 0.25) is 0 Å². The lowest BCUT2D eigenvalue weighted by molar-refractivity contribution is 0.0940. The summed E-state index contributed by atoms with van der Waals surface area (Å²) in [6.45, 7) is 5.69. The largest absolute Gasteiger partial charge is 0.381 e. The first-order valence-corrected chi connectivity index (χ1v) is 6.20. The molecule has 0 atom stereocenters. The number of ether oxygens (including phenoxy) is 1. The zero-order chi connectivity index (χ0) is 13.4. The highest BCUT2D eigenvalue weighted by Crippen LogP contribution is 1.92. The molecule has 0 spiro atoms. The molecule has 0 aliphatic carbocycles. The third-order valence-electron chi connectivity index (χ3n) is 2.40. The topological polar surface area (TPSA) is 71.2 Å². The van der Waals surface area contributed by atoms with Crippen molar-refractivity contribution in [2.45, 2.75) is 26.7 Å². The second kappa shape index (κ2) is 7.66. The number of aryl methyl sites for hydroxylation is 1. The molecule has 0 aliphatic rings. The van der Waals surface area contributed by atoms with Crippen LogP contribution in [0.4, 0.5) is 0 Å². The number of aromatic amines is 1. The molecule has 0 saturated heterocycles. The third kappa shape index (κ3) is 4.71. The summed E-state index contributed by atoms with van der Waals surface area (Å²) in [6.07, 6.45) is 3.18. The Balaban J connectivity index is 2.34. The summed E-state index contributed by atoms with van der Waals surface area (Å²) in [7, 11) is 0. The number of carbonyl (C=O) groups excluding carboxylic acids is 1. The minimum absolute atomic E-state index is 0.148. The Morgan fingerprint density at radius 1 is 1.44 bits per heavy atom. The predicted molar refractivity (Wildman–Crippen MR) is 69.9 cm³/mol. The second-order valence-electron chi connectivity index (χ2n) is 4.12. The van der Waals surface area contributed by atoms with E-state index in [1.54, 1.807) is 6.92 Å². The van der Waals surface area contributed by atoms with Crippen molar-refractivity contribution in [3.05, 3.63) is 33.7 Å². The van der Waals surface area contributed by atoms with Gasteiger partial charge in [0.15, 0.2) is 5.43 Å². The van der Waals surface area contributed by atoms with E-state index in [1.165, 1.54) is 12.3 Å². The van der Waals surface area contributed by atoms with Gasteiger partial charge in [-0.25, -0.2) is 0 Å². The number of rotatable bonds is 7. The highest BCUT2D eigenvalue weighted by molar-refractivity contribution is 5.93. The van der Waals surface area contributed by atoms with Gasteiger partial charge >= 0.3 is 0 Å². The molecule has 5 nitrogen and oxygen atoms in total. The van der Waals surface area contributed by atoms with Crippen molar-refractivity contribution < 1.29 is 9.53 Å². The molecule has 0 aromatic carbocycles. The summed E-state index contributed by atoms with van der Waals surface area (Å²) in [6, 6.07) is 1.42. The molecule has 1 heterocycles. The van der Waals surface area contributed by atoms with E-state index in [0.29, 0.717) is 13.2 Å². The Hall–Kier alpha value is -1.62. The predicted octanol–water partition coefficient (Wildman–Crippen LogP) is 1.23. The summed E-state index contributed by atoms with van der Waals surface area (Å²) in [5, 5.41) is 2.70. The molecule has 0 aliphatic heterocycles. The van der Waals surface area contributed by atoms with Crippen LogP contribution in [-0.4, -0.2) is 30.6 Å². The quantitative estimate of drug-likeness (QED) is 0.717. The maximum absolute atomic E-state index is 11.7. The fourth-order valence-electron chi connectivity index (χ4n) is 1.47. The number of hydrogen-bond donors (Lipinski definition) is 2. The Labute approximate surface area is 107 Å². The standard InChI is InChI=1S/C13H20N2O3/c1-3-6-18-7-4-5-14-13(17)11-9-15-10(2)8-12(11)16/h8-9H,3-7H2,1-2H3,(H,14,17)(H,15,16). The van der Waals surface area contributed by atoms with Crippen LogP contribution in [-0.2, 0) is 4.74 Å². The Kier molecular flexibility index (Phi) is 6.14. The summed E-state index contributed by atoms with van der Waals surface area (Å²) in [5.74, 6) is -0.341. The van der Waals surface area contributed by atoms with Crippen LogP contribution in [0, 0.1) is 6.92 Å². The van der Waals surface area contributed by atoms with Crippen LogP contribution in [0.2, 0.25) is 0 Å². The molecule has 0 fully saturated rings. The number of nitrogens with one attached hydrogen (secondary N) is 2. The van der Waals surface area contributed by atoms with Crippen molar-refractivity contribution in [2.75, 3.05) is 19.8 Å². The zero-order valence-corrected chi connectivity index (χ0v) is 10.9. The van der Waals surface area contributed by atoms with Gasteiger partial charge in [-0.15, -0.1) is 0 Å². The summed E-state index contributed by atoms with van der Waals surface area (Å²) in [4.78, 5) is 26.1. The molecule has 1 aromatic rings. The lowest BCUT2D eigenvalue weighted by atomic mass is 10.2. The first-order valence-electron chi connectivity index (χ1n) is 6.20.